The summed E-state index contributed by atoms with van der Waals surface area (Å²) in [5.41, 5.74) is 0.333. The average Bonchev–Trinajstić information content (AvgIpc) is 2.55. The maximum atomic E-state index is 12.4. The van der Waals surface area contributed by atoms with Gasteiger partial charge in [-0.05, 0) is 32.3 Å². The first kappa shape index (κ1) is 21.5. The van der Waals surface area contributed by atoms with Gasteiger partial charge in [0.2, 0.25) is 11.8 Å². The van der Waals surface area contributed by atoms with Crippen LogP contribution in [0.3, 0.4) is 0 Å². The van der Waals surface area contributed by atoms with Crippen LogP contribution in [0, 0.1) is 5.92 Å². The molecule has 1 rings (SSSR count). The third-order valence-electron chi connectivity index (χ3n) is 3.37. The molecule has 3 amide bonds. The number of rotatable bonds is 7. The first-order valence-electron chi connectivity index (χ1n) is 8.66. The molecule has 7 heteroatoms. The normalized spacial score (nSPS) is 12.2. The Balaban J connectivity index is 2.49. The van der Waals surface area contributed by atoms with E-state index in [0.717, 1.165) is 5.56 Å². The number of alkyl carbamates (subject to hydrolysis) is 1. The van der Waals surface area contributed by atoms with Gasteiger partial charge in [-0.15, -0.1) is 0 Å². The number of amides is 3. The molecule has 0 fully saturated rings. The number of hydrogen-bond donors (Lipinski definition) is 3. The molecule has 0 unspecified atom stereocenters. The monoisotopic (exact) mass is 363 g/mol. The number of ether oxygens (including phenoxy) is 1. The molecule has 26 heavy (non-hydrogen) atoms. The summed E-state index contributed by atoms with van der Waals surface area (Å²) in [6, 6.07) is 8.82. The van der Waals surface area contributed by atoms with E-state index in [1.807, 2.05) is 44.2 Å². The minimum Gasteiger partial charge on any atom is -0.444 e. The Morgan fingerprint density at radius 1 is 1.04 bits per heavy atom. The second-order valence-corrected chi connectivity index (χ2v) is 7.35. The van der Waals surface area contributed by atoms with Crippen molar-refractivity contribution in [3.8, 4) is 0 Å². The van der Waals surface area contributed by atoms with Crippen molar-refractivity contribution in [3.05, 3.63) is 35.9 Å². The zero-order valence-corrected chi connectivity index (χ0v) is 16.1. The van der Waals surface area contributed by atoms with Gasteiger partial charge in [0, 0.05) is 6.54 Å². The van der Waals surface area contributed by atoms with Gasteiger partial charge in [-0.2, -0.15) is 0 Å². The molecule has 0 bridgehead atoms. The van der Waals surface area contributed by atoms with Crippen LogP contribution in [0.25, 0.3) is 0 Å². The summed E-state index contributed by atoms with van der Waals surface area (Å²) in [7, 11) is 0. The Morgan fingerprint density at radius 3 is 2.19 bits per heavy atom. The van der Waals surface area contributed by atoms with Crippen LogP contribution in [0.15, 0.2) is 30.3 Å². The molecule has 0 radical (unpaired) electrons. The van der Waals surface area contributed by atoms with Crippen molar-refractivity contribution in [1.29, 1.82) is 0 Å². The number of carbonyl (C=O) groups is 3. The first-order chi connectivity index (χ1) is 12.1. The van der Waals surface area contributed by atoms with Gasteiger partial charge in [-0.1, -0.05) is 44.2 Å². The van der Waals surface area contributed by atoms with E-state index in [1.165, 1.54) is 0 Å². The molecule has 0 aliphatic heterocycles. The molecule has 0 aliphatic rings. The summed E-state index contributed by atoms with van der Waals surface area (Å²) in [4.78, 5) is 36.0. The number of hydrogen-bond acceptors (Lipinski definition) is 4. The first-order valence-corrected chi connectivity index (χ1v) is 8.66. The highest BCUT2D eigenvalue weighted by Gasteiger charge is 2.24. The summed E-state index contributed by atoms with van der Waals surface area (Å²) < 4.78 is 5.07. The van der Waals surface area contributed by atoms with Gasteiger partial charge in [0.15, 0.2) is 0 Å². The van der Waals surface area contributed by atoms with Crippen molar-refractivity contribution in [1.82, 2.24) is 16.0 Å². The van der Waals surface area contributed by atoms with Crippen molar-refractivity contribution in [3.63, 3.8) is 0 Å². The Bertz CT molecular complexity index is 609. The van der Waals surface area contributed by atoms with Crippen LogP contribution in [0.5, 0.6) is 0 Å². The Morgan fingerprint density at radius 2 is 1.65 bits per heavy atom. The summed E-state index contributed by atoms with van der Waals surface area (Å²) in [5.74, 6) is -0.824. The molecule has 0 spiro atoms. The molecule has 0 aliphatic carbocycles. The third kappa shape index (κ3) is 8.50. The van der Waals surface area contributed by atoms with Crippen molar-refractivity contribution in [2.75, 3.05) is 6.54 Å². The summed E-state index contributed by atoms with van der Waals surface area (Å²) in [5, 5.41) is 7.84. The molecule has 0 heterocycles. The van der Waals surface area contributed by atoms with E-state index >= 15 is 0 Å². The predicted octanol–water partition coefficient (Wildman–Crippen LogP) is 1.97. The smallest absolute Gasteiger partial charge is 0.408 e. The molecule has 1 aromatic rings. The maximum Gasteiger partial charge on any atom is 0.408 e. The van der Waals surface area contributed by atoms with Gasteiger partial charge in [-0.25, -0.2) is 4.79 Å². The van der Waals surface area contributed by atoms with Crippen LogP contribution in [0.2, 0.25) is 0 Å². The lowest BCUT2D eigenvalue weighted by atomic mass is 10.0. The van der Waals surface area contributed by atoms with Gasteiger partial charge >= 0.3 is 6.09 Å². The molecule has 0 aromatic heterocycles. The minimum atomic E-state index is -0.688. The zero-order chi connectivity index (χ0) is 19.7. The SMILES string of the molecule is CC(C)[C@@H](NC(=O)CNC(=O)OC(C)(C)C)C(=O)NCc1ccccc1. The average molecular weight is 363 g/mol. The van der Waals surface area contributed by atoms with Gasteiger partial charge in [0.05, 0.1) is 0 Å². The second-order valence-electron chi connectivity index (χ2n) is 7.35. The molecule has 144 valence electrons. The van der Waals surface area contributed by atoms with Gasteiger partial charge in [0.25, 0.3) is 0 Å². The zero-order valence-electron chi connectivity index (χ0n) is 16.1. The van der Waals surface area contributed by atoms with E-state index < -0.39 is 23.6 Å². The van der Waals surface area contributed by atoms with Crippen LogP contribution in [-0.4, -0.2) is 36.1 Å². The highest BCUT2D eigenvalue weighted by Crippen LogP contribution is 2.06. The molecule has 1 atom stereocenters. The molecular weight excluding hydrogens is 334 g/mol. The molecule has 0 saturated heterocycles. The van der Waals surface area contributed by atoms with Crippen LogP contribution >= 0.6 is 0 Å². The van der Waals surface area contributed by atoms with Crippen LogP contribution in [-0.2, 0) is 20.9 Å². The fourth-order valence-electron chi connectivity index (χ4n) is 2.12. The fraction of sp³-hybridized carbons (Fsp3) is 0.526. The lowest BCUT2D eigenvalue weighted by molar-refractivity contribution is -0.129. The topological polar surface area (TPSA) is 96.5 Å². The highest BCUT2D eigenvalue weighted by molar-refractivity contribution is 5.89. The molecule has 0 saturated carbocycles. The summed E-state index contributed by atoms with van der Waals surface area (Å²) in [6.45, 7) is 9.01. The number of nitrogens with one attached hydrogen (secondary N) is 3. The van der Waals surface area contributed by atoms with Crippen LogP contribution in [0.4, 0.5) is 4.79 Å². The Labute approximate surface area is 154 Å². The quantitative estimate of drug-likeness (QED) is 0.690. The van der Waals surface area contributed by atoms with E-state index in [4.69, 9.17) is 4.74 Å². The van der Waals surface area contributed by atoms with Gasteiger partial charge in [-0.3, -0.25) is 9.59 Å². The van der Waals surface area contributed by atoms with Crippen molar-refractivity contribution < 1.29 is 19.1 Å². The van der Waals surface area contributed by atoms with E-state index in [-0.39, 0.29) is 18.4 Å². The third-order valence-corrected chi connectivity index (χ3v) is 3.37. The molecule has 7 nitrogen and oxygen atoms in total. The van der Waals surface area contributed by atoms with Crippen molar-refractivity contribution in [2.24, 2.45) is 5.92 Å². The lowest BCUT2D eigenvalue weighted by Crippen LogP contribution is -2.52. The summed E-state index contributed by atoms with van der Waals surface area (Å²) in [6.07, 6.45) is -0.678. The summed E-state index contributed by atoms with van der Waals surface area (Å²) >= 11 is 0. The van der Waals surface area contributed by atoms with Crippen LogP contribution in [0.1, 0.15) is 40.2 Å². The number of carbonyl (C=O) groups excluding carboxylic acids is 3. The fourth-order valence-corrected chi connectivity index (χ4v) is 2.12. The minimum absolute atomic E-state index is 0.101. The Hall–Kier alpha value is -2.57. The number of benzene rings is 1. The molecular formula is C19H29N3O4. The second kappa shape index (κ2) is 9.79. The largest absolute Gasteiger partial charge is 0.444 e. The lowest BCUT2D eigenvalue weighted by Gasteiger charge is -2.22. The van der Waals surface area contributed by atoms with Crippen LogP contribution < -0.4 is 16.0 Å². The van der Waals surface area contributed by atoms with E-state index in [2.05, 4.69) is 16.0 Å². The molecule has 3 N–H and O–H groups in total. The Kier molecular flexibility index (Phi) is 8.09. The molecule has 1 aromatic carbocycles. The van der Waals surface area contributed by atoms with E-state index in [0.29, 0.717) is 6.54 Å². The van der Waals surface area contributed by atoms with E-state index in [1.54, 1.807) is 20.8 Å². The standard InChI is InChI=1S/C19H29N3O4/c1-13(2)16(17(24)20-11-14-9-7-6-8-10-14)22-15(23)12-21-18(25)26-19(3,4)5/h6-10,13,16H,11-12H2,1-5H3,(H,20,24)(H,21,25)(H,22,23)/t16-/m1/s1. The highest BCUT2D eigenvalue weighted by atomic mass is 16.6. The van der Waals surface area contributed by atoms with Crippen molar-refractivity contribution >= 4 is 17.9 Å². The predicted molar refractivity (Wildman–Crippen MR) is 99.3 cm³/mol. The maximum absolute atomic E-state index is 12.4. The van der Waals surface area contributed by atoms with E-state index in [9.17, 15) is 14.4 Å². The van der Waals surface area contributed by atoms with Crippen molar-refractivity contribution in [2.45, 2.75) is 52.8 Å². The van der Waals surface area contributed by atoms with Gasteiger partial charge in [0.1, 0.15) is 18.2 Å². The van der Waals surface area contributed by atoms with Gasteiger partial charge < -0.3 is 20.7 Å².